The maximum Gasteiger partial charge on any atom is 0.416 e. The summed E-state index contributed by atoms with van der Waals surface area (Å²) in [5, 5.41) is 11.2. The number of alkyl halides is 3. The molecular formula is C10H6F3NO2. The number of Topliss-reactive ketones (excluding diaryl/α,β-unsaturated/α-hetero) is 1. The van der Waals surface area contributed by atoms with Crippen LogP contribution in [-0.2, 0) is 12.6 Å². The number of carbonyl (C=O) groups is 1. The molecule has 1 N–H and O–H groups in total. The van der Waals surface area contributed by atoms with Gasteiger partial charge in [0.15, 0.2) is 0 Å². The number of rotatable bonds is 0. The zero-order valence-corrected chi connectivity index (χ0v) is 7.88. The van der Waals surface area contributed by atoms with Gasteiger partial charge < -0.3 is 5.21 Å². The summed E-state index contributed by atoms with van der Waals surface area (Å²) in [5.74, 6) is -0.649. The van der Waals surface area contributed by atoms with E-state index in [2.05, 4.69) is 5.16 Å². The fourth-order valence-electron chi connectivity index (χ4n) is 1.74. The maximum atomic E-state index is 12.6. The Bertz CT molecular complexity index is 491. The standard InChI is InChI=1S/C10H6F3NO2/c11-10(12,13)7-3-1-2-5-6(7)4-8(14-16)9(5)15/h1-3,16H,4H2/b14-8-. The molecule has 16 heavy (non-hydrogen) atoms. The summed E-state index contributed by atoms with van der Waals surface area (Å²) in [5.41, 5.74) is -1.26. The quantitative estimate of drug-likeness (QED) is 0.548. The van der Waals surface area contributed by atoms with Crippen LogP contribution in [0, 0.1) is 0 Å². The Balaban J connectivity index is 2.62. The molecule has 2 rings (SSSR count). The van der Waals surface area contributed by atoms with Gasteiger partial charge in [-0.2, -0.15) is 13.2 Å². The molecule has 1 aromatic rings. The van der Waals surface area contributed by atoms with E-state index in [4.69, 9.17) is 5.21 Å². The molecule has 0 atom stereocenters. The van der Waals surface area contributed by atoms with Gasteiger partial charge in [-0.25, -0.2) is 0 Å². The second kappa shape index (κ2) is 3.33. The summed E-state index contributed by atoms with van der Waals surface area (Å²) in [6.07, 6.45) is -4.78. The molecule has 0 heterocycles. The molecule has 0 aliphatic heterocycles. The van der Waals surface area contributed by atoms with Crippen LogP contribution >= 0.6 is 0 Å². The number of fused-ring (bicyclic) bond motifs is 1. The van der Waals surface area contributed by atoms with Gasteiger partial charge in [0.05, 0.1) is 5.56 Å². The van der Waals surface area contributed by atoms with Crippen molar-refractivity contribution in [2.24, 2.45) is 5.16 Å². The second-order valence-corrected chi connectivity index (χ2v) is 3.38. The van der Waals surface area contributed by atoms with Gasteiger partial charge in [0.25, 0.3) is 0 Å². The number of benzene rings is 1. The van der Waals surface area contributed by atoms with E-state index in [9.17, 15) is 18.0 Å². The minimum Gasteiger partial charge on any atom is -0.411 e. The van der Waals surface area contributed by atoms with E-state index in [0.29, 0.717) is 0 Å². The largest absolute Gasteiger partial charge is 0.416 e. The summed E-state index contributed by atoms with van der Waals surface area (Å²) in [7, 11) is 0. The van der Waals surface area contributed by atoms with Crippen molar-refractivity contribution < 1.29 is 23.2 Å². The molecule has 0 saturated heterocycles. The minimum atomic E-state index is -4.50. The number of oxime groups is 1. The van der Waals surface area contributed by atoms with E-state index in [0.717, 1.165) is 6.07 Å². The lowest BCUT2D eigenvalue weighted by atomic mass is 10.0. The Morgan fingerprint density at radius 1 is 1.31 bits per heavy atom. The third kappa shape index (κ3) is 1.46. The average molecular weight is 229 g/mol. The zero-order chi connectivity index (χ0) is 11.9. The van der Waals surface area contributed by atoms with Crippen molar-refractivity contribution in [3.8, 4) is 0 Å². The van der Waals surface area contributed by atoms with Crippen LogP contribution < -0.4 is 0 Å². The first-order valence-electron chi connectivity index (χ1n) is 4.40. The Morgan fingerprint density at radius 3 is 2.56 bits per heavy atom. The third-order valence-corrected chi connectivity index (χ3v) is 2.45. The lowest BCUT2D eigenvalue weighted by Gasteiger charge is -2.10. The van der Waals surface area contributed by atoms with Crippen LogP contribution in [0.3, 0.4) is 0 Å². The van der Waals surface area contributed by atoms with Crippen LogP contribution in [0.25, 0.3) is 0 Å². The zero-order valence-electron chi connectivity index (χ0n) is 7.88. The number of hydrogen-bond donors (Lipinski definition) is 1. The second-order valence-electron chi connectivity index (χ2n) is 3.38. The normalized spacial score (nSPS) is 17.9. The average Bonchev–Trinajstić information content (AvgIpc) is 2.54. The van der Waals surface area contributed by atoms with Crippen molar-refractivity contribution in [1.82, 2.24) is 0 Å². The molecule has 0 bridgehead atoms. The highest BCUT2D eigenvalue weighted by Crippen LogP contribution is 2.36. The Labute approximate surface area is 88.2 Å². The molecule has 1 aliphatic carbocycles. The van der Waals surface area contributed by atoms with Gasteiger partial charge in [0.1, 0.15) is 5.71 Å². The van der Waals surface area contributed by atoms with Crippen molar-refractivity contribution in [2.75, 3.05) is 0 Å². The number of nitrogens with zero attached hydrogens (tertiary/aromatic N) is 1. The van der Waals surface area contributed by atoms with Crippen LogP contribution in [-0.4, -0.2) is 16.7 Å². The molecule has 0 fully saturated rings. The monoisotopic (exact) mass is 229 g/mol. The minimum absolute atomic E-state index is 0.0392. The fraction of sp³-hybridized carbons (Fsp3) is 0.200. The fourth-order valence-corrected chi connectivity index (χ4v) is 1.74. The predicted octanol–water partition coefficient (Wildman–Crippen LogP) is 2.27. The highest BCUT2D eigenvalue weighted by atomic mass is 19.4. The summed E-state index contributed by atoms with van der Waals surface area (Å²) in [6, 6.07) is 3.37. The van der Waals surface area contributed by atoms with E-state index < -0.39 is 17.5 Å². The molecule has 0 spiro atoms. The molecule has 0 amide bonds. The smallest absolute Gasteiger partial charge is 0.411 e. The van der Waals surface area contributed by atoms with Gasteiger partial charge in [0, 0.05) is 12.0 Å². The van der Waals surface area contributed by atoms with E-state index in [1.54, 1.807) is 0 Å². The Kier molecular flexibility index (Phi) is 2.22. The summed E-state index contributed by atoms with van der Waals surface area (Å²) < 4.78 is 37.8. The molecule has 0 radical (unpaired) electrons. The van der Waals surface area contributed by atoms with E-state index >= 15 is 0 Å². The van der Waals surface area contributed by atoms with Crippen molar-refractivity contribution in [3.63, 3.8) is 0 Å². The molecule has 84 valence electrons. The van der Waals surface area contributed by atoms with Gasteiger partial charge in [-0.3, -0.25) is 4.79 Å². The van der Waals surface area contributed by atoms with Gasteiger partial charge in [0.2, 0.25) is 5.78 Å². The Morgan fingerprint density at radius 2 is 2.00 bits per heavy atom. The molecule has 3 nitrogen and oxygen atoms in total. The number of ketones is 1. The lowest BCUT2D eigenvalue weighted by molar-refractivity contribution is -0.138. The first-order valence-corrected chi connectivity index (χ1v) is 4.40. The van der Waals surface area contributed by atoms with E-state index in [1.807, 2.05) is 0 Å². The van der Waals surface area contributed by atoms with Crippen molar-refractivity contribution in [1.29, 1.82) is 0 Å². The van der Waals surface area contributed by atoms with Gasteiger partial charge in [-0.15, -0.1) is 0 Å². The first kappa shape index (κ1) is 10.7. The summed E-state index contributed by atoms with van der Waals surface area (Å²) in [6.45, 7) is 0. The van der Waals surface area contributed by atoms with Crippen LogP contribution in [0.4, 0.5) is 13.2 Å². The van der Waals surface area contributed by atoms with Crippen molar-refractivity contribution in [2.45, 2.75) is 12.6 Å². The van der Waals surface area contributed by atoms with Crippen LogP contribution in [0.2, 0.25) is 0 Å². The third-order valence-electron chi connectivity index (χ3n) is 2.45. The number of halogens is 3. The summed E-state index contributed by atoms with van der Waals surface area (Å²) in [4.78, 5) is 11.4. The highest BCUT2D eigenvalue weighted by molar-refractivity contribution is 6.49. The molecular weight excluding hydrogens is 223 g/mol. The highest BCUT2D eigenvalue weighted by Gasteiger charge is 2.38. The number of hydrogen-bond acceptors (Lipinski definition) is 3. The molecule has 0 saturated carbocycles. The Hall–Kier alpha value is -1.85. The van der Waals surface area contributed by atoms with Gasteiger partial charge >= 0.3 is 6.18 Å². The SMILES string of the molecule is O=C1/C(=N\O)Cc2c1cccc2C(F)(F)F. The van der Waals surface area contributed by atoms with Crippen LogP contribution in [0.5, 0.6) is 0 Å². The van der Waals surface area contributed by atoms with Crippen LogP contribution in [0.15, 0.2) is 23.4 Å². The van der Waals surface area contributed by atoms with Gasteiger partial charge in [-0.1, -0.05) is 17.3 Å². The molecule has 0 unspecified atom stereocenters. The maximum absolute atomic E-state index is 12.6. The molecule has 6 heteroatoms. The van der Waals surface area contributed by atoms with Crippen LogP contribution in [0.1, 0.15) is 21.5 Å². The molecule has 1 aromatic carbocycles. The van der Waals surface area contributed by atoms with Crippen molar-refractivity contribution in [3.05, 3.63) is 34.9 Å². The topological polar surface area (TPSA) is 49.7 Å². The van der Waals surface area contributed by atoms with Crippen molar-refractivity contribution >= 4 is 11.5 Å². The van der Waals surface area contributed by atoms with E-state index in [1.165, 1.54) is 12.1 Å². The molecule has 1 aliphatic rings. The number of carbonyl (C=O) groups excluding carboxylic acids is 1. The lowest BCUT2D eigenvalue weighted by Crippen LogP contribution is -2.09. The van der Waals surface area contributed by atoms with E-state index in [-0.39, 0.29) is 23.3 Å². The predicted molar refractivity (Wildman–Crippen MR) is 48.7 cm³/mol. The first-order chi connectivity index (χ1) is 7.45. The van der Waals surface area contributed by atoms with Gasteiger partial charge in [-0.05, 0) is 11.6 Å². The summed E-state index contributed by atoms with van der Waals surface area (Å²) >= 11 is 0. The molecule has 0 aromatic heterocycles.